The number of fused-ring (bicyclic) bond motifs is 1. The molecule has 3 rings (SSSR count). The number of aliphatic imine (C=N–C) groups is 1. The molecule has 1 saturated heterocycles. The zero-order valence-corrected chi connectivity index (χ0v) is 21.5. The number of β-amino-alcohol motifs (C(OH)–C–C–N with tert-alkyl or cyclic N) is 1. The first-order chi connectivity index (χ1) is 14.5. The van der Waals surface area contributed by atoms with Crippen LogP contribution in [-0.2, 0) is 13.0 Å². The van der Waals surface area contributed by atoms with Crippen molar-refractivity contribution in [2.45, 2.75) is 51.8 Å². The number of aliphatic hydroxyl groups is 1. The average Bonchev–Trinajstić information content (AvgIpc) is 2.73. The van der Waals surface area contributed by atoms with Crippen molar-refractivity contribution in [2.75, 3.05) is 45.8 Å². The van der Waals surface area contributed by atoms with Crippen molar-refractivity contribution in [1.29, 1.82) is 0 Å². The Balaban J connectivity index is 0.00000341. The van der Waals surface area contributed by atoms with Crippen LogP contribution >= 0.6 is 24.0 Å². The summed E-state index contributed by atoms with van der Waals surface area (Å²) in [6.07, 6.45) is 2.81. The fourth-order valence-electron chi connectivity index (χ4n) is 4.39. The second-order valence-electron chi connectivity index (χ2n) is 8.78. The number of guanidine groups is 1. The largest absolute Gasteiger partial charge is 0.390 e. The second-order valence-corrected chi connectivity index (χ2v) is 8.78. The van der Waals surface area contributed by atoms with Crippen LogP contribution in [0.3, 0.4) is 0 Å². The number of piperidine rings is 1. The van der Waals surface area contributed by atoms with E-state index >= 15 is 0 Å². The van der Waals surface area contributed by atoms with E-state index in [2.05, 4.69) is 70.1 Å². The molecule has 2 heterocycles. The zero-order valence-electron chi connectivity index (χ0n) is 19.1. The summed E-state index contributed by atoms with van der Waals surface area (Å²) in [6, 6.07) is 9.05. The third-order valence-corrected chi connectivity index (χ3v) is 5.90. The van der Waals surface area contributed by atoms with E-state index in [1.807, 2.05) is 0 Å². The highest BCUT2D eigenvalue weighted by atomic mass is 127. The molecule has 1 fully saturated rings. The van der Waals surface area contributed by atoms with Crippen molar-refractivity contribution in [3.8, 4) is 0 Å². The molecule has 1 aromatic rings. The van der Waals surface area contributed by atoms with Crippen LogP contribution in [0.1, 0.15) is 37.8 Å². The second kappa shape index (κ2) is 13.4. The molecular weight excluding hydrogens is 501 g/mol. The summed E-state index contributed by atoms with van der Waals surface area (Å²) in [5.41, 5.74) is 4.05. The lowest BCUT2D eigenvalue weighted by Gasteiger charge is -2.33. The molecule has 1 aromatic carbocycles. The molecule has 1 atom stereocenters. The maximum absolute atomic E-state index is 10.6. The minimum absolute atomic E-state index is 0. The van der Waals surface area contributed by atoms with Gasteiger partial charge < -0.3 is 15.7 Å². The Kier molecular flexibility index (Phi) is 11.3. The van der Waals surface area contributed by atoms with Crippen molar-refractivity contribution in [3.63, 3.8) is 0 Å². The minimum atomic E-state index is -0.455. The molecule has 31 heavy (non-hydrogen) atoms. The molecule has 2 aliphatic rings. The van der Waals surface area contributed by atoms with E-state index in [1.54, 1.807) is 0 Å². The molecule has 7 heteroatoms. The first-order valence-corrected chi connectivity index (χ1v) is 11.4. The number of nitrogens with zero attached hydrogens (tertiary/aromatic N) is 3. The summed E-state index contributed by atoms with van der Waals surface area (Å²) in [4.78, 5) is 9.47. The highest BCUT2D eigenvalue weighted by Gasteiger charge is 2.21. The van der Waals surface area contributed by atoms with Gasteiger partial charge in [-0.1, -0.05) is 36.4 Å². The van der Waals surface area contributed by atoms with Gasteiger partial charge >= 0.3 is 0 Å². The fraction of sp³-hybridized carbons (Fsp3) is 0.625. The van der Waals surface area contributed by atoms with E-state index in [4.69, 9.17) is 0 Å². The van der Waals surface area contributed by atoms with E-state index in [9.17, 15) is 5.11 Å². The summed E-state index contributed by atoms with van der Waals surface area (Å²) in [5.74, 6) is 0.818. The first kappa shape index (κ1) is 26.1. The fourth-order valence-corrected chi connectivity index (χ4v) is 4.39. The Bertz CT molecular complexity index is 718. The van der Waals surface area contributed by atoms with Crippen molar-refractivity contribution in [1.82, 2.24) is 20.4 Å². The van der Waals surface area contributed by atoms with E-state index < -0.39 is 6.10 Å². The van der Waals surface area contributed by atoms with Gasteiger partial charge in [0.05, 0.1) is 12.6 Å². The lowest BCUT2D eigenvalue weighted by molar-refractivity contribution is 0.111. The van der Waals surface area contributed by atoms with Gasteiger partial charge in [-0.25, -0.2) is 0 Å². The zero-order chi connectivity index (χ0) is 21.3. The van der Waals surface area contributed by atoms with E-state index in [1.165, 1.54) is 16.7 Å². The maximum atomic E-state index is 10.6. The molecule has 0 amide bonds. The molecular formula is C24H40IN5O. The number of nitrogens with one attached hydrogen (secondary N) is 2. The summed E-state index contributed by atoms with van der Waals surface area (Å²) < 4.78 is 0. The predicted octanol–water partition coefficient (Wildman–Crippen LogP) is 2.62. The molecule has 0 saturated carbocycles. The highest BCUT2D eigenvalue weighted by molar-refractivity contribution is 14.0. The molecule has 6 nitrogen and oxygen atoms in total. The van der Waals surface area contributed by atoms with Crippen molar-refractivity contribution in [2.24, 2.45) is 4.99 Å². The predicted molar refractivity (Wildman–Crippen MR) is 140 cm³/mol. The molecule has 3 N–H and O–H groups in total. The monoisotopic (exact) mass is 541 g/mol. The molecule has 2 aliphatic heterocycles. The van der Waals surface area contributed by atoms with E-state index in [-0.39, 0.29) is 24.0 Å². The first-order valence-electron chi connectivity index (χ1n) is 11.4. The van der Waals surface area contributed by atoms with Gasteiger partial charge in [-0.15, -0.1) is 24.0 Å². The highest BCUT2D eigenvalue weighted by Crippen LogP contribution is 2.18. The van der Waals surface area contributed by atoms with Crippen molar-refractivity contribution >= 4 is 29.9 Å². The third-order valence-electron chi connectivity index (χ3n) is 5.90. The van der Waals surface area contributed by atoms with Crippen LogP contribution in [0, 0.1) is 0 Å². The lowest BCUT2D eigenvalue weighted by Crippen LogP contribution is -2.49. The van der Waals surface area contributed by atoms with Gasteiger partial charge in [-0.05, 0) is 44.2 Å². The standard InChI is InChI=1S/C24H39N5O.HI/c1-4-25-24(27-22-10-13-28(14-11-22)16-19(2)3)26-15-23(30)18-29-12-9-20-7-5-6-8-21(20)17-29;/h5-8,22-23,30H,2,4,9-18H2,1,3H3,(H2,25,26,27);1H. The molecule has 0 bridgehead atoms. The van der Waals surface area contributed by atoms with Gasteiger partial charge in [-0.3, -0.25) is 14.8 Å². The summed E-state index contributed by atoms with van der Waals surface area (Å²) in [5, 5.41) is 17.5. The van der Waals surface area contributed by atoms with E-state index in [0.29, 0.717) is 19.1 Å². The molecule has 0 aromatic heterocycles. The van der Waals surface area contributed by atoms with Crippen LogP contribution < -0.4 is 10.6 Å². The lowest BCUT2D eigenvalue weighted by atomic mass is 10.00. The molecule has 1 unspecified atom stereocenters. The topological polar surface area (TPSA) is 63.1 Å². The quantitative estimate of drug-likeness (QED) is 0.205. The van der Waals surface area contributed by atoms with Gasteiger partial charge in [0.25, 0.3) is 0 Å². The summed E-state index contributed by atoms with van der Waals surface area (Å²) in [7, 11) is 0. The van der Waals surface area contributed by atoms with Gasteiger partial charge in [-0.2, -0.15) is 0 Å². The van der Waals surface area contributed by atoms with Crippen LogP contribution in [0.25, 0.3) is 0 Å². The normalized spacial score (nSPS) is 19.3. The summed E-state index contributed by atoms with van der Waals surface area (Å²) >= 11 is 0. The number of likely N-dealkylation sites (tertiary alicyclic amines) is 1. The molecule has 174 valence electrons. The van der Waals surface area contributed by atoms with Crippen molar-refractivity contribution in [3.05, 3.63) is 47.5 Å². The van der Waals surface area contributed by atoms with Crippen LogP contribution in [0.4, 0.5) is 0 Å². The Labute approximate surface area is 205 Å². The van der Waals surface area contributed by atoms with Gasteiger partial charge in [0.15, 0.2) is 5.96 Å². The van der Waals surface area contributed by atoms with Crippen LogP contribution in [0.2, 0.25) is 0 Å². The van der Waals surface area contributed by atoms with Gasteiger partial charge in [0, 0.05) is 51.9 Å². The maximum Gasteiger partial charge on any atom is 0.191 e. The van der Waals surface area contributed by atoms with Crippen LogP contribution in [0.15, 0.2) is 41.4 Å². The SMILES string of the molecule is C=C(C)CN1CCC(NC(=NCC(O)CN2CCc3ccccc3C2)NCC)CC1.I. The number of aliphatic hydroxyl groups excluding tert-OH is 1. The number of benzene rings is 1. The number of rotatable bonds is 8. The Morgan fingerprint density at radius 1 is 1.19 bits per heavy atom. The Hall–Kier alpha value is -1.16. The van der Waals surface area contributed by atoms with Crippen LogP contribution in [-0.4, -0.2) is 78.8 Å². The molecule has 0 aliphatic carbocycles. The number of hydrogen-bond acceptors (Lipinski definition) is 4. The molecule has 0 spiro atoms. The van der Waals surface area contributed by atoms with Gasteiger partial charge in [0.2, 0.25) is 0 Å². The van der Waals surface area contributed by atoms with E-state index in [0.717, 1.165) is 64.5 Å². The van der Waals surface area contributed by atoms with Gasteiger partial charge in [0.1, 0.15) is 0 Å². The average molecular weight is 542 g/mol. The number of hydrogen-bond donors (Lipinski definition) is 3. The smallest absolute Gasteiger partial charge is 0.191 e. The number of halogens is 1. The van der Waals surface area contributed by atoms with Crippen LogP contribution in [0.5, 0.6) is 0 Å². The minimum Gasteiger partial charge on any atom is -0.390 e. The Morgan fingerprint density at radius 2 is 1.90 bits per heavy atom. The third kappa shape index (κ3) is 8.71. The Morgan fingerprint density at radius 3 is 2.58 bits per heavy atom. The van der Waals surface area contributed by atoms with Crippen molar-refractivity contribution < 1.29 is 5.11 Å². The summed E-state index contributed by atoms with van der Waals surface area (Å²) in [6.45, 7) is 15.2. The molecule has 0 radical (unpaired) electrons.